The number of fused-ring (bicyclic) bond motifs is 1. The van der Waals surface area contributed by atoms with Crippen molar-refractivity contribution in [3.63, 3.8) is 0 Å². The second-order valence-corrected chi connectivity index (χ2v) is 7.14. The van der Waals surface area contributed by atoms with Crippen LogP contribution in [0.15, 0.2) is 61.1 Å². The summed E-state index contributed by atoms with van der Waals surface area (Å²) < 4.78 is 1.84. The number of aromatic nitrogens is 4. The monoisotopic (exact) mass is 386 g/mol. The number of rotatable bonds is 5. The molecule has 4 aromatic rings. The highest BCUT2D eigenvalue weighted by molar-refractivity contribution is 5.90. The quantitative estimate of drug-likeness (QED) is 0.523. The van der Waals surface area contributed by atoms with Crippen LogP contribution in [0.2, 0.25) is 0 Å². The molecule has 2 N–H and O–H groups in total. The Morgan fingerprint density at radius 2 is 1.97 bits per heavy atom. The number of carbonyl (C=O) groups is 1. The second-order valence-electron chi connectivity index (χ2n) is 7.14. The van der Waals surface area contributed by atoms with Crippen LogP contribution in [0.3, 0.4) is 0 Å². The van der Waals surface area contributed by atoms with E-state index in [1.54, 1.807) is 18.6 Å². The number of carbonyl (C=O) groups excluding carboxylic acids is 1. The number of pyridine rings is 1. The van der Waals surface area contributed by atoms with Gasteiger partial charge in [0.05, 0.1) is 17.4 Å². The Hall–Kier alpha value is -3.74. The lowest BCUT2D eigenvalue weighted by molar-refractivity contribution is -0.114. The molecule has 0 aliphatic carbocycles. The van der Waals surface area contributed by atoms with Gasteiger partial charge in [-0.25, -0.2) is 9.50 Å². The number of amides is 1. The highest BCUT2D eigenvalue weighted by Gasteiger charge is 2.11. The molecule has 1 amide bonds. The van der Waals surface area contributed by atoms with E-state index in [1.165, 1.54) is 6.92 Å². The lowest BCUT2D eigenvalue weighted by Gasteiger charge is -2.15. The van der Waals surface area contributed by atoms with Gasteiger partial charge in [0.2, 0.25) is 11.9 Å². The Morgan fingerprint density at radius 3 is 2.69 bits per heavy atom. The molecule has 7 nitrogen and oxygen atoms in total. The van der Waals surface area contributed by atoms with Crippen molar-refractivity contribution in [3.8, 4) is 11.3 Å². The minimum atomic E-state index is -0.102. The third-order valence-corrected chi connectivity index (χ3v) is 4.60. The molecule has 146 valence electrons. The van der Waals surface area contributed by atoms with Crippen LogP contribution in [0.25, 0.3) is 16.8 Å². The van der Waals surface area contributed by atoms with E-state index in [4.69, 9.17) is 0 Å². The summed E-state index contributed by atoms with van der Waals surface area (Å²) in [5, 5.41) is 10.8. The summed E-state index contributed by atoms with van der Waals surface area (Å²) >= 11 is 0. The lowest BCUT2D eigenvalue weighted by atomic mass is 10.0. The molecule has 1 aromatic carbocycles. The average molecular weight is 386 g/mol. The van der Waals surface area contributed by atoms with Gasteiger partial charge in [0.1, 0.15) is 0 Å². The van der Waals surface area contributed by atoms with E-state index in [1.807, 2.05) is 47.0 Å². The van der Waals surface area contributed by atoms with Gasteiger partial charge >= 0.3 is 0 Å². The zero-order valence-electron chi connectivity index (χ0n) is 16.5. The Kier molecular flexibility index (Phi) is 4.95. The number of anilines is 3. The maximum Gasteiger partial charge on any atom is 0.245 e. The van der Waals surface area contributed by atoms with Crippen LogP contribution in [0.4, 0.5) is 17.3 Å². The van der Waals surface area contributed by atoms with Gasteiger partial charge in [-0.15, -0.1) is 5.10 Å². The Bertz CT molecular complexity index is 1170. The van der Waals surface area contributed by atoms with Crippen molar-refractivity contribution in [1.82, 2.24) is 19.6 Å². The van der Waals surface area contributed by atoms with Gasteiger partial charge in [0, 0.05) is 36.3 Å². The molecule has 0 saturated carbocycles. The first-order valence-corrected chi connectivity index (χ1v) is 9.45. The van der Waals surface area contributed by atoms with Crippen LogP contribution >= 0.6 is 0 Å². The molecule has 0 spiro atoms. The van der Waals surface area contributed by atoms with Crippen molar-refractivity contribution in [2.45, 2.75) is 26.7 Å². The predicted molar refractivity (Wildman–Crippen MR) is 114 cm³/mol. The molecule has 4 rings (SSSR count). The van der Waals surface area contributed by atoms with Gasteiger partial charge < -0.3 is 10.6 Å². The molecule has 0 atom stereocenters. The van der Waals surface area contributed by atoms with Crippen molar-refractivity contribution >= 4 is 28.7 Å². The first-order valence-electron chi connectivity index (χ1n) is 9.45. The van der Waals surface area contributed by atoms with Crippen molar-refractivity contribution in [3.05, 3.63) is 66.6 Å². The summed E-state index contributed by atoms with van der Waals surface area (Å²) in [7, 11) is 0. The van der Waals surface area contributed by atoms with E-state index in [0.717, 1.165) is 33.7 Å². The van der Waals surface area contributed by atoms with Crippen LogP contribution in [0.5, 0.6) is 0 Å². The molecule has 7 heteroatoms. The Balaban J connectivity index is 1.68. The van der Waals surface area contributed by atoms with Gasteiger partial charge in [0.25, 0.3) is 0 Å². The van der Waals surface area contributed by atoms with E-state index in [2.05, 4.69) is 39.5 Å². The molecule has 0 saturated heterocycles. The average Bonchev–Trinajstić information content (AvgIpc) is 3.11. The summed E-state index contributed by atoms with van der Waals surface area (Å²) in [6, 6.07) is 13.7. The molecule has 3 heterocycles. The molecular formula is C22H22N6O. The van der Waals surface area contributed by atoms with E-state index in [0.29, 0.717) is 11.9 Å². The fourth-order valence-electron chi connectivity index (χ4n) is 3.26. The van der Waals surface area contributed by atoms with Gasteiger partial charge in [-0.3, -0.25) is 9.78 Å². The maximum atomic E-state index is 11.6. The van der Waals surface area contributed by atoms with Gasteiger partial charge in [-0.2, -0.15) is 0 Å². The molecule has 29 heavy (non-hydrogen) atoms. The normalized spacial score (nSPS) is 11.0. The lowest BCUT2D eigenvalue weighted by Crippen LogP contribution is -2.09. The Morgan fingerprint density at radius 1 is 1.10 bits per heavy atom. The summed E-state index contributed by atoms with van der Waals surface area (Å²) in [5.74, 6) is 0.653. The molecule has 0 unspecified atom stereocenters. The standard InChI is InChI=1S/C22H22N6O/c1-14(2)19-8-6-17(11-20(19)25-15(3)29)26-22-24-13-18-7-9-21(28(18)27-22)16-5-4-10-23-12-16/h4-14H,1-3H3,(H,25,29)(H,26,27). The maximum absolute atomic E-state index is 11.6. The van der Waals surface area contributed by atoms with Crippen LogP contribution in [0, 0.1) is 0 Å². The summed E-state index contributed by atoms with van der Waals surface area (Å²) in [6.07, 6.45) is 5.32. The van der Waals surface area contributed by atoms with Gasteiger partial charge in [-0.1, -0.05) is 19.9 Å². The van der Waals surface area contributed by atoms with Gasteiger partial charge in [0.15, 0.2) is 0 Å². The zero-order chi connectivity index (χ0) is 20.4. The molecule has 0 aliphatic heterocycles. The van der Waals surface area contributed by atoms with Crippen LogP contribution in [-0.2, 0) is 4.79 Å². The van der Waals surface area contributed by atoms with E-state index < -0.39 is 0 Å². The van der Waals surface area contributed by atoms with Crippen LogP contribution < -0.4 is 10.6 Å². The van der Waals surface area contributed by atoms with Crippen molar-refractivity contribution in [2.75, 3.05) is 10.6 Å². The smallest absolute Gasteiger partial charge is 0.245 e. The minimum Gasteiger partial charge on any atom is -0.326 e. The first kappa shape index (κ1) is 18.6. The van der Waals surface area contributed by atoms with E-state index in [9.17, 15) is 4.79 Å². The van der Waals surface area contributed by atoms with Crippen LogP contribution in [-0.4, -0.2) is 25.5 Å². The number of benzene rings is 1. The topological polar surface area (TPSA) is 84.2 Å². The first-order chi connectivity index (χ1) is 14.0. The van der Waals surface area contributed by atoms with Gasteiger partial charge in [-0.05, 0) is 47.9 Å². The minimum absolute atomic E-state index is 0.102. The van der Waals surface area contributed by atoms with E-state index in [-0.39, 0.29) is 5.91 Å². The molecule has 0 aliphatic rings. The third-order valence-electron chi connectivity index (χ3n) is 4.60. The molecule has 0 bridgehead atoms. The summed E-state index contributed by atoms with van der Waals surface area (Å²) in [6.45, 7) is 5.70. The predicted octanol–water partition coefficient (Wildman–Crippen LogP) is 4.62. The molecule has 3 aromatic heterocycles. The van der Waals surface area contributed by atoms with Crippen LogP contribution in [0.1, 0.15) is 32.3 Å². The fraction of sp³-hybridized carbons (Fsp3) is 0.182. The number of nitrogens with zero attached hydrogens (tertiary/aromatic N) is 4. The number of hydrogen-bond acceptors (Lipinski definition) is 5. The number of hydrogen-bond donors (Lipinski definition) is 2. The SMILES string of the molecule is CC(=O)Nc1cc(Nc2ncc3ccc(-c4cccnc4)n3n2)ccc1C(C)C. The molecule has 0 fully saturated rings. The largest absolute Gasteiger partial charge is 0.326 e. The second kappa shape index (κ2) is 7.71. The fourth-order valence-corrected chi connectivity index (χ4v) is 3.26. The molecule has 0 radical (unpaired) electrons. The molecular weight excluding hydrogens is 364 g/mol. The zero-order valence-corrected chi connectivity index (χ0v) is 16.5. The Labute approximate surface area is 168 Å². The van der Waals surface area contributed by atoms with Crippen molar-refractivity contribution in [1.29, 1.82) is 0 Å². The highest BCUT2D eigenvalue weighted by atomic mass is 16.1. The summed E-state index contributed by atoms with van der Waals surface area (Å²) in [4.78, 5) is 20.2. The van der Waals surface area contributed by atoms with Crippen molar-refractivity contribution in [2.24, 2.45) is 0 Å². The number of nitrogens with one attached hydrogen (secondary N) is 2. The van der Waals surface area contributed by atoms with E-state index >= 15 is 0 Å². The summed E-state index contributed by atoms with van der Waals surface area (Å²) in [5.41, 5.74) is 5.47. The third kappa shape index (κ3) is 3.94. The highest BCUT2D eigenvalue weighted by Crippen LogP contribution is 2.29. The van der Waals surface area contributed by atoms with Crippen molar-refractivity contribution < 1.29 is 4.79 Å².